The number of ether oxygens (including phenoxy) is 3. The summed E-state index contributed by atoms with van der Waals surface area (Å²) in [5.74, 6) is 2.23. The smallest absolute Gasteiger partial charge is 0.133 e. The summed E-state index contributed by atoms with van der Waals surface area (Å²) in [4.78, 5) is 0.992. The minimum atomic E-state index is -0.319. The Morgan fingerprint density at radius 1 is 1.05 bits per heavy atom. The molecular weight excluding hydrogens is 364 g/mol. The molecule has 1 unspecified atom stereocenters. The summed E-state index contributed by atoms with van der Waals surface area (Å²) >= 11 is 11.6. The van der Waals surface area contributed by atoms with E-state index in [4.69, 9.17) is 25.8 Å². The molecule has 1 atom stereocenters. The van der Waals surface area contributed by atoms with Crippen molar-refractivity contribution in [3.05, 3.63) is 38.5 Å². The fourth-order valence-electron chi connectivity index (χ4n) is 1.81. The van der Waals surface area contributed by atoms with E-state index in [9.17, 15) is 0 Å². The summed E-state index contributed by atoms with van der Waals surface area (Å²) in [5.41, 5.74) is 0.860. The van der Waals surface area contributed by atoms with Crippen molar-refractivity contribution >= 4 is 38.9 Å². The van der Waals surface area contributed by atoms with Crippen LogP contribution in [0.5, 0.6) is 17.2 Å². The lowest BCUT2D eigenvalue weighted by Crippen LogP contribution is -1.98. The highest BCUT2D eigenvalue weighted by atomic mass is 79.9. The number of alkyl halides is 1. The lowest BCUT2D eigenvalue weighted by atomic mass is 10.1. The highest BCUT2D eigenvalue weighted by Gasteiger charge is 2.20. The molecule has 0 saturated carbocycles. The SMILES string of the molecule is COc1csc(C(Cl)c2cc(OC)c(Br)cc2OC)c1. The van der Waals surface area contributed by atoms with Gasteiger partial charge in [-0.3, -0.25) is 0 Å². The molecule has 20 heavy (non-hydrogen) atoms. The van der Waals surface area contributed by atoms with Crippen molar-refractivity contribution in [2.45, 2.75) is 5.38 Å². The van der Waals surface area contributed by atoms with E-state index < -0.39 is 0 Å². The molecule has 108 valence electrons. The van der Waals surface area contributed by atoms with Crippen molar-refractivity contribution in [1.82, 2.24) is 0 Å². The van der Waals surface area contributed by atoms with Gasteiger partial charge in [-0.25, -0.2) is 0 Å². The Labute approximate surface area is 135 Å². The zero-order chi connectivity index (χ0) is 14.7. The van der Waals surface area contributed by atoms with Crippen molar-refractivity contribution in [1.29, 1.82) is 0 Å². The summed E-state index contributed by atoms with van der Waals surface area (Å²) in [6.45, 7) is 0. The quantitative estimate of drug-likeness (QED) is 0.696. The Bertz CT molecular complexity index is 600. The van der Waals surface area contributed by atoms with Crippen LogP contribution in [0.4, 0.5) is 0 Å². The molecule has 1 aromatic carbocycles. The number of thiophene rings is 1. The molecule has 0 bridgehead atoms. The maximum atomic E-state index is 6.57. The van der Waals surface area contributed by atoms with Crippen LogP contribution in [0.25, 0.3) is 0 Å². The van der Waals surface area contributed by atoms with Gasteiger partial charge in [0.15, 0.2) is 0 Å². The molecule has 0 aliphatic rings. The average molecular weight is 378 g/mol. The minimum absolute atomic E-state index is 0.319. The van der Waals surface area contributed by atoms with Gasteiger partial charge in [-0.05, 0) is 34.1 Å². The Balaban J connectivity index is 2.44. The van der Waals surface area contributed by atoms with E-state index in [1.54, 1.807) is 32.7 Å². The van der Waals surface area contributed by atoms with Crippen LogP contribution >= 0.6 is 38.9 Å². The van der Waals surface area contributed by atoms with Crippen molar-refractivity contribution in [2.75, 3.05) is 21.3 Å². The van der Waals surface area contributed by atoms with Crippen LogP contribution in [0.1, 0.15) is 15.8 Å². The van der Waals surface area contributed by atoms with Crippen LogP contribution in [-0.2, 0) is 0 Å². The van der Waals surface area contributed by atoms with Gasteiger partial charge in [-0.2, -0.15) is 0 Å². The molecule has 1 heterocycles. The van der Waals surface area contributed by atoms with Gasteiger partial charge in [0, 0.05) is 15.8 Å². The first-order chi connectivity index (χ1) is 9.60. The molecule has 0 amide bonds. The largest absolute Gasteiger partial charge is 0.496 e. The topological polar surface area (TPSA) is 27.7 Å². The van der Waals surface area contributed by atoms with Gasteiger partial charge in [0.2, 0.25) is 0 Å². The average Bonchev–Trinajstić information content (AvgIpc) is 2.95. The Kier molecular flexibility index (Phi) is 5.18. The van der Waals surface area contributed by atoms with Gasteiger partial charge >= 0.3 is 0 Å². The summed E-state index contributed by atoms with van der Waals surface area (Å²) in [6, 6.07) is 5.66. The molecule has 6 heteroatoms. The van der Waals surface area contributed by atoms with Gasteiger partial charge in [0.05, 0.1) is 31.2 Å². The molecule has 3 nitrogen and oxygen atoms in total. The van der Waals surface area contributed by atoms with E-state index in [-0.39, 0.29) is 5.38 Å². The second-order valence-electron chi connectivity index (χ2n) is 3.98. The summed E-state index contributed by atoms with van der Waals surface area (Å²) < 4.78 is 16.7. The predicted octanol–water partition coefficient (Wildman–Crippen LogP) is 4.86. The number of halogens is 2. The van der Waals surface area contributed by atoms with E-state index in [1.807, 2.05) is 23.6 Å². The van der Waals surface area contributed by atoms with Crippen LogP contribution < -0.4 is 14.2 Å². The van der Waals surface area contributed by atoms with Crippen LogP contribution in [0.3, 0.4) is 0 Å². The number of rotatable bonds is 5. The number of hydrogen-bond acceptors (Lipinski definition) is 4. The van der Waals surface area contributed by atoms with Gasteiger partial charge in [-0.1, -0.05) is 0 Å². The highest BCUT2D eigenvalue weighted by Crippen LogP contribution is 2.43. The first kappa shape index (κ1) is 15.5. The third-order valence-electron chi connectivity index (χ3n) is 2.86. The van der Waals surface area contributed by atoms with E-state index >= 15 is 0 Å². The fraction of sp³-hybridized carbons (Fsp3) is 0.286. The number of benzene rings is 1. The van der Waals surface area contributed by atoms with Crippen LogP contribution in [0, 0.1) is 0 Å². The standard InChI is InChI=1S/C14H14BrClO3S/c1-17-8-4-13(20-7-8)14(16)9-5-12(19-3)10(15)6-11(9)18-2/h4-7,14H,1-3H3. The Hall–Kier alpha value is -0.910. The molecule has 1 aromatic heterocycles. The van der Waals surface area contributed by atoms with Crippen molar-refractivity contribution in [2.24, 2.45) is 0 Å². The van der Waals surface area contributed by atoms with E-state index in [0.717, 1.165) is 26.4 Å². The molecule has 0 saturated heterocycles. The van der Waals surface area contributed by atoms with Gasteiger partial charge in [0.1, 0.15) is 17.2 Å². The predicted molar refractivity (Wildman–Crippen MR) is 85.8 cm³/mol. The summed E-state index contributed by atoms with van der Waals surface area (Å²) in [5, 5.41) is 1.61. The molecular formula is C14H14BrClO3S. The second-order valence-corrected chi connectivity index (χ2v) is 6.21. The second kappa shape index (κ2) is 6.70. The molecule has 0 aliphatic heterocycles. The summed E-state index contributed by atoms with van der Waals surface area (Å²) in [6.07, 6.45) is 0. The van der Waals surface area contributed by atoms with Crippen molar-refractivity contribution in [3.8, 4) is 17.2 Å². The van der Waals surface area contributed by atoms with E-state index in [0.29, 0.717) is 5.75 Å². The van der Waals surface area contributed by atoms with Crippen LogP contribution in [-0.4, -0.2) is 21.3 Å². The molecule has 0 aliphatic carbocycles. The maximum Gasteiger partial charge on any atom is 0.133 e. The first-order valence-electron chi connectivity index (χ1n) is 5.78. The van der Waals surface area contributed by atoms with Gasteiger partial charge < -0.3 is 14.2 Å². The summed E-state index contributed by atoms with van der Waals surface area (Å²) in [7, 11) is 4.88. The van der Waals surface area contributed by atoms with Crippen molar-refractivity contribution in [3.63, 3.8) is 0 Å². The molecule has 2 rings (SSSR count). The lowest BCUT2D eigenvalue weighted by molar-refractivity contribution is 0.397. The van der Waals surface area contributed by atoms with Gasteiger partial charge in [0.25, 0.3) is 0 Å². The third-order valence-corrected chi connectivity index (χ3v) is 5.05. The lowest BCUT2D eigenvalue weighted by Gasteiger charge is -2.15. The molecule has 2 aromatic rings. The van der Waals surface area contributed by atoms with E-state index in [2.05, 4.69) is 15.9 Å². The molecule has 0 fully saturated rings. The minimum Gasteiger partial charge on any atom is -0.496 e. The molecule has 0 spiro atoms. The van der Waals surface area contributed by atoms with Crippen LogP contribution in [0.15, 0.2) is 28.1 Å². The van der Waals surface area contributed by atoms with Crippen molar-refractivity contribution < 1.29 is 14.2 Å². The Morgan fingerprint density at radius 3 is 2.30 bits per heavy atom. The number of methoxy groups -OCH3 is 3. The normalized spacial score (nSPS) is 12.1. The first-order valence-corrected chi connectivity index (χ1v) is 7.89. The third kappa shape index (κ3) is 3.05. The van der Waals surface area contributed by atoms with Crippen LogP contribution in [0.2, 0.25) is 0 Å². The van der Waals surface area contributed by atoms with E-state index in [1.165, 1.54) is 0 Å². The molecule has 0 N–H and O–H groups in total. The highest BCUT2D eigenvalue weighted by molar-refractivity contribution is 9.10. The monoisotopic (exact) mass is 376 g/mol. The number of hydrogen-bond donors (Lipinski definition) is 0. The Morgan fingerprint density at radius 2 is 1.75 bits per heavy atom. The zero-order valence-electron chi connectivity index (χ0n) is 11.3. The fourth-order valence-corrected chi connectivity index (χ4v) is 3.53. The zero-order valence-corrected chi connectivity index (χ0v) is 14.4. The molecule has 0 radical (unpaired) electrons. The van der Waals surface area contributed by atoms with Gasteiger partial charge in [-0.15, -0.1) is 22.9 Å². The maximum absolute atomic E-state index is 6.57.